The third-order valence-corrected chi connectivity index (χ3v) is 4.00. The SMILES string of the molecule is CC1(NC(=O)c2nccnc2N)CCc2ccccc2C1. The topological polar surface area (TPSA) is 80.9 Å². The number of aromatic nitrogens is 2. The van der Waals surface area contributed by atoms with Gasteiger partial charge in [-0.05, 0) is 37.3 Å². The van der Waals surface area contributed by atoms with E-state index < -0.39 is 0 Å². The van der Waals surface area contributed by atoms with E-state index in [0.29, 0.717) is 0 Å². The molecule has 1 unspecified atom stereocenters. The monoisotopic (exact) mass is 282 g/mol. The number of nitrogen functional groups attached to an aromatic ring is 1. The smallest absolute Gasteiger partial charge is 0.274 e. The summed E-state index contributed by atoms with van der Waals surface area (Å²) in [6, 6.07) is 8.36. The predicted octanol–water partition coefficient (Wildman–Crippen LogP) is 1.74. The summed E-state index contributed by atoms with van der Waals surface area (Å²) in [5.74, 6) is -0.0997. The maximum Gasteiger partial charge on any atom is 0.274 e. The summed E-state index contributed by atoms with van der Waals surface area (Å²) in [6.07, 6.45) is 5.63. The second-order valence-electron chi connectivity index (χ2n) is 5.75. The molecule has 3 N–H and O–H groups in total. The first-order chi connectivity index (χ1) is 10.1. The molecule has 1 amide bonds. The van der Waals surface area contributed by atoms with Crippen LogP contribution < -0.4 is 11.1 Å². The standard InChI is InChI=1S/C16H18N4O/c1-16(7-6-11-4-2-3-5-12(11)10-16)20-15(21)13-14(17)19-9-8-18-13/h2-5,8-9H,6-7,10H2,1H3,(H2,17,19)(H,20,21). The number of nitrogens with zero attached hydrogens (tertiary/aromatic N) is 2. The highest BCUT2D eigenvalue weighted by Gasteiger charge is 2.32. The van der Waals surface area contributed by atoms with E-state index in [1.807, 2.05) is 6.07 Å². The molecule has 0 aliphatic heterocycles. The summed E-state index contributed by atoms with van der Waals surface area (Å²) in [5.41, 5.74) is 8.28. The summed E-state index contributed by atoms with van der Waals surface area (Å²) < 4.78 is 0. The Morgan fingerprint density at radius 3 is 2.71 bits per heavy atom. The lowest BCUT2D eigenvalue weighted by molar-refractivity contribution is 0.0893. The van der Waals surface area contributed by atoms with Crippen molar-refractivity contribution in [3.05, 3.63) is 53.5 Å². The Balaban J connectivity index is 1.79. The van der Waals surface area contributed by atoms with Crippen LogP contribution in [0.15, 0.2) is 36.7 Å². The van der Waals surface area contributed by atoms with Gasteiger partial charge in [-0.25, -0.2) is 9.97 Å². The molecule has 1 aromatic carbocycles. The molecular weight excluding hydrogens is 264 g/mol. The number of fused-ring (bicyclic) bond motifs is 1. The van der Waals surface area contributed by atoms with Crippen LogP contribution in [0.1, 0.15) is 35.0 Å². The summed E-state index contributed by atoms with van der Waals surface area (Å²) in [5, 5.41) is 3.07. The van der Waals surface area contributed by atoms with Gasteiger partial charge in [0.25, 0.3) is 5.91 Å². The largest absolute Gasteiger partial charge is 0.382 e. The van der Waals surface area contributed by atoms with Crippen molar-refractivity contribution < 1.29 is 4.79 Å². The molecule has 0 bridgehead atoms. The number of benzene rings is 1. The minimum Gasteiger partial charge on any atom is -0.382 e. The molecule has 2 aromatic rings. The molecule has 0 saturated carbocycles. The molecule has 0 saturated heterocycles. The Kier molecular flexibility index (Phi) is 3.33. The molecule has 1 aliphatic rings. The molecule has 21 heavy (non-hydrogen) atoms. The molecular formula is C16H18N4O. The highest BCUT2D eigenvalue weighted by molar-refractivity contribution is 5.96. The van der Waals surface area contributed by atoms with Crippen molar-refractivity contribution >= 4 is 11.7 Å². The maximum absolute atomic E-state index is 12.4. The van der Waals surface area contributed by atoms with Gasteiger partial charge in [-0.15, -0.1) is 0 Å². The Hall–Kier alpha value is -2.43. The second kappa shape index (κ2) is 5.16. The van der Waals surface area contributed by atoms with Crippen molar-refractivity contribution in [3.63, 3.8) is 0 Å². The number of amides is 1. The van der Waals surface area contributed by atoms with Crippen molar-refractivity contribution in [1.82, 2.24) is 15.3 Å². The van der Waals surface area contributed by atoms with Crippen LogP contribution in [0.25, 0.3) is 0 Å². The average Bonchev–Trinajstić information content (AvgIpc) is 2.47. The number of aryl methyl sites for hydroxylation is 1. The average molecular weight is 282 g/mol. The maximum atomic E-state index is 12.4. The van der Waals surface area contributed by atoms with E-state index in [0.717, 1.165) is 19.3 Å². The fraction of sp³-hybridized carbons (Fsp3) is 0.312. The number of nitrogens with two attached hydrogens (primary N) is 1. The molecule has 108 valence electrons. The van der Waals surface area contributed by atoms with E-state index in [-0.39, 0.29) is 23.0 Å². The zero-order valence-corrected chi connectivity index (χ0v) is 12.0. The Morgan fingerprint density at radius 1 is 1.24 bits per heavy atom. The van der Waals surface area contributed by atoms with Crippen molar-refractivity contribution in [2.24, 2.45) is 0 Å². The van der Waals surface area contributed by atoms with E-state index >= 15 is 0 Å². The van der Waals surface area contributed by atoms with Crippen molar-refractivity contribution in [1.29, 1.82) is 0 Å². The van der Waals surface area contributed by atoms with E-state index in [4.69, 9.17) is 5.73 Å². The fourth-order valence-corrected chi connectivity index (χ4v) is 2.86. The highest BCUT2D eigenvalue weighted by atomic mass is 16.2. The normalized spacial score (nSPS) is 20.6. The second-order valence-corrected chi connectivity index (χ2v) is 5.75. The van der Waals surface area contributed by atoms with Crippen LogP contribution in [-0.2, 0) is 12.8 Å². The van der Waals surface area contributed by atoms with Gasteiger partial charge in [0.1, 0.15) is 0 Å². The fourth-order valence-electron chi connectivity index (χ4n) is 2.86. The lowest BCUT2D eigenvalue weighted by Gasteiger charge is -2.35. The summed E-state index contributed by atoms with van der Waals surface area (Å²) in [7, 11) is 0. The third kappa shape index (κ3) is 2.72. The molecule has 0 radical (unpaired) electrons. The first kappa shape index (κ1) is 13.5. The number of nitrogens with one attached hydrogen (secondary N) is 1. The highest BCUT2D eigenvalue weighted by Crippen LogP contribution is 2.28. The first-order valence-electron chi connectivity index (χ1n) is 7.03. The van der Waals surface area contributed by atoms with Gasteiger partial charge in [-0.2, -0.15) is 0 Å². The van der Waals surface area contributed by atoms with Crippen LogP contribution in [0.4, 0.5) is 5.82 Å². The number of anilines is 1. The zero-order chi connectivity index (χ0) is 14.9. The van der Waals surface area contributed by atoms with E-state index in [1.165, 1.54) is 23.5 Å². The third-order valence-electron chi connectivity index (χ3n) is 4.00. The number of rotatable bonds is 2. The molecule has 0 spiro atoms. The molecule has 1 aromatic heterocycles. The molecule has 5 heteroatoms. The summed E-state index contributed by atoms with van der Waals surface area (Å²) in [4.78, 5) is 20.3. The van der Waals surface area contributed by atoms with Crippen LogP contribution in [0.5, 0.6) is 0 Å². The Labute approximate surface area is 123 Å². The van der Waals surface area contributed by atoms with Gasteiger partial charge in [-0.3, -0.25) is 4.79 Å². The predicted molar refractivity (Wildman–Crippen MR) is 80.8 cm³/mol. The number of hydrogen-bond donors (Lipinski definition) is 2. The van der Waals surface area contributed by atoms with Gasteiger partial charge in [0.05, 0.1) is 0 Å². The van der Waals surface area contributed by atoms with E-state index in [2.05, 4.69) is 40.4 Å². The Morgan fingerprint density at radius 2 is 1.95 bits per heavy atom. The summed E-state index contributed by atoms with van der Waals surface area (Å²) in [6.45, 7) is 2.06. The van der Waals surface area contributed by atoms with E-state index in [9.17, 15) is 4.79 Å². The van der Waals surface area contributed by atoms with Crippen LogP contribution in [0.3, 0.4) is 0 Å². The van der Waals surface area contributed by atoms with Crippen LogP contribution in [0, 0.1) is 0 Å². The molecule has 5 nitrogen and oxygen atoms in total. The number of carbonyl (C=O) groups is 1. The minimum atomic E-state index is -0.282. The van der Waals surface area contributed by atoms with Crippen molar-refractivity contribution in [3.8, 4) is 0 Å². The van der Waals surface area contributed by atoms with Crippen LogP contribution >= 0.6 is 0 Å². The molecule has 3 rings (SSSR count). The van der Waals surface area contributed by atoms with Crippen molar-refractivity contribution in [2.45, 2.75) is 31.7 Å². The van der Waals surface area contributed by atoms with Gasteiger partial charge < -0.3 is 11.1 Å². The lowest BCUT2D eigenvalue weighted by atomic mass is 9.79. The van der Waals surface area contributed by atoms with Gasteiger partial charge in [-0.1, -0.05) is 24.3 Å². The Bertz CT molecular complexity index is 685. The van der Waals surface area contributed by atoms with Crippen LogP contribution in [0.2, 0.25) is 0 Å². The molecule has 0 fully saturated rings. The number of hydrogen-bond acceptors (Lipinski definition) is 4. The molecule has 1 atom stereocenters. The van der Waals surface area contributed by atoms with E-state index in [1.54, 1.807) is 0 Å². The minimum absolute atomic E-state index is 0.162. The van der Waals surface area contributed by atoms with Crippen LogP contribution in [-0.4, -0.2) is 21.4 Å². The quantitative estimate of drug-likeness (QED) is 0.879. The molecule has 1 aliphatic carbocycles. The lowest BCUT2D eigenvalue weighted by Crippen LogP contribution is -2.50. The zero-order valence-electron chi connectivity index (χ0n) is 12.0. The van der Waals surface area contributed by atoms with Gasteiger partial charge in [0.2, 0.25) is 0 Å². The molecule has 1 heterocycles. The van der Waals surface area contributed by atoms with Gasteiger partial charge >= 0.3 is 0 Å². The van der Waals surface area contributed by atoms with Gasteiger partial charge in [0, 0.05) is 17.9 Å². The van der Waals surface area contributed by atoms with Crippen molar-refractivity contribution in [2.75, 3.05) is 5.73 Å². The van der Waals surface area contributed by atoms with Gasteiger partial charge in [0.15, 0.2) is 11.5 Å². The summed E-state index contributed by atoms with van der Waals surface area (Å²) >= 11 is 0. The first-order valence-corrected chi connectivity index (χ1v) is 7.03. The number of carbonyl (C=O) groups excluding carboxylic acids is 1.